The molecule has 0 heterocycles. The molecular weight excluding hydrogens is 272 g/mol. The number of alkyl halides is 2. The summed E-state index contributed by atoms with van der Waals surface area (Å²) in [5, 5.41) is 3.75. The minimum atomic E-state index is -2.48. The van der Waals surface area contributed by atoms with Gasteiger partial charge in [-0.3, -0.25) is 0 Å². The molecule has 0 bridgehead atoms. The molecule has 0 N–H and O–H groups in total. The highest BCUT2D eigenvalue weighted by molar-refractivity contribution is 5.79. The van der Waals surface area contributed by atoms with Crippen LogP contribution in [0.1, 0.15) is 35.6 Å². The maximum atomic E-state index is 12.6. The van der Waals surface area contributed by atoms with Crippen LogP contribution >= 0.6 is 0 Å². The SMILES string of the molecule is CCc1cccc(/[C]=N\OCc2cccc(C(F)F)c2)c1. The van der Waals surface area contributed by atoms with Crippen molar-refractivity contribution in [3.05, 3.63) is 70.8 Å². The van der Waals surface area contributed by atoms with Gasteiger partial charge in [0.15, 0.2) is 0 Å². The third-order valence-corrected chi connectivity index (χ3v) is 3.01. The van der Waals surface area contributed by atoms with E-state index in [9.17, 15) is 8.78 Å². The molecule has 2 nitrogen and oxygen atoms in total. The summed E-state index contributed by atoms with van der Waals surface area (Å²) in [7, 11) is 0. The average molecular weight is 288 g/mol. The van der Waals surface area contributed by atoms with Gasteiger partial charge in [-0.05, 0) is 29.7 Å². The van der Waals surface area contributed by atoms with E-state index in [2.05, 4.69) is 18.3 Å². The fourth-order valence-electron chi connectivity index (χ4n) is 1.87. The van der Waals surface area contributed by atoms with Gasteiger partial charge in [-0.25, -0.2) is 8.78 Å². The summed E-state index contributed by atoms with van der Waals surface area (Å²) in [5.41, 5.74) is 2.66. The summed E-state index contributed by atoms with van der Waals surface area (Å²) in [6, 6.07) is 13.9. The number of hydrogen-bond donors (Lipinski definition) is 0. The van der Waals surface area contributed by atoms with Crippen LogP contribution in [0.3, 0.4) is 0 Å². The van der Waals surface area contributed by atoms with E-state index in [1.165, 1.54) is 17.7 Å². The van der Waals surface area contributed by atoms with E-state index in [1.54, 1.807) is 12.1 Å². The molecule has 0 aliphatic rings. The molecule has 2 rings (SSSR count). The Labute approximate surface area is 123 Å². The molecule has 0 saturated heterocycles. The highest BCUT2D eigenvalue weighted by Crippen LogP contribution is 2.19. The molecule has 0 amide bonds. The zero-order chi connectivity index (χ0) is 15.1. The first kappa shape index (κ1) is 15.2. The normalized spacial score (nSPS) is 11.2. The zero-order valence-electron chi connectivity index (χ0n) is 11.7. The lowest BCUT2D eigenvalue weighted by molar-refractivity contribution is 0.130. The van der Waals surface area contributed by atoms with Crippen LogP contribution in [0.25, 0.3) is 0 Å². The Kier molecular flexibility index (Phi) is 5.43. The molecule has 0 aromatic heterocycles. The quantitative estimate of drug-likeness (QED) is 0.561. The Morgan fingerprint density at radius 3 is 2.62 bits per heavy atom. The molecule has 0 spiro atoms. The molecule has 0 aliphatic carbocycles. The number of rotatable bonds is 6. The summed E-state index contributed by atoms with van der Waals surface area (Å²) in [4.78, 5) is 5.10. The molecule has 2 aromatic carbocycles. The topological polar surface area (TPSA) is 21.6 Å². The van der Waals surface area contributed by atoms with E-state index in [-0.39, 0.29) is 12.2 Å². The number of benzene rings is 2. The molecule has 109 valence electrons. The van der Waals surface area contributed by atoms with Crippen molar-refractivity contribution in [1.82, 2.24) is 0 Å². The predicted octanol–water partition coefficient (Wildman–Crippen LogP) is 4.61. The lowest BCUT2D eigenvalue weighted by Crippen LogP contribution is -1.91. The first-order chi connectivity index (χ1) is 10.2. The summed E-state index contributed by atoms with van der Waals surface area (Å²) in [6.45, 7) is 2.21. The predicted molar refractivity (Wildman–Crippen MR) is 78.5 cm³/mol. The van der Waals surface area contributed by atoms with Gasteiger partial charge in [0.25, 0.3) is 6.43 Å². The van der Waals surface area contributed by atoms with E-state index in [0.29, 0.717) is 5.56 Å². The van der Waals surface area contributed by atoms with Crippen LogP contribution in [0.5, 0.6) is 0 Å². The van der Waals surface area contributed by atoms with Gasteiger partial charge in [0, 0.05) is 11.1 Å². The minimum Gasteiger partial charge on any atom is -0.390 e. The van der Waals surface area contributed by atoms with E-state index >= 15 is 0 Å². The Morgan fingerprint density at radius 2 is 1.86 bits per heavy atom. The molecule has 0 fully saturated rings. The van der Waals surface area contributed by atoms with Crippen LogP contribution in [-0.4, -0.2) is 6.21 Å². The van der Waals surface area contributed by atoms with E-state index in [1.807, 2.05) is 24.3 Å². The first-order valence-corrected chi connectivity index (χ1v) is 6.73. The van der Waals surface area contributed by atoms with E-state index < -0.39 is 6.43 Å². The van der Waals surface area contributed by atoms with Crippen LogP contribution in [0.15, 0.2) is 53.7 Å². The second-order valence-corrected chi connectivity index (χ2v) is 4.58. The monoisotopic (exact) mass is 288 g/mol. The maximum Gasteiger partial charge on any atom is 0.263 e. The second-order valence-electron chi connectivity index (χ2n) is 4.58. The molecule has 0 atom stereocenters. The van der Waals surface area contributed by atoms with Gasteiger partial charge in [0.2, 0.25) is 0 Å². The van der Waals surface area contributed by atoms with Crippen LogP contribution in [0.4, 0.5) is 8.78 Å². The van der Waals surface area contributed by atoms with Crippen LogP contribution in [0, 0.1) is 0 Å². The smallest absolute Gasteiger partial charge is 0.263 e. The molecule has 21 heavy (non-hydrogen) atoms. The zero-order valence-corrected chi connectivity index (χ0v) is 11.7. The standard InChI is InChI=1S/C17H16F2NO/c1-2-13-5-3-6-14(9-13)11-20-21-12-15-7-4-8-16(10-15)17(18)19/h3-10,17H,2,12H2,1H3. The van der Waals surface area contributed by atoms with Crippen molar-refractivity contribution in [2.24, 2.45) is 5.16 Å². The molecular formula is C17H16F2NO. The Bertz CT molecular complexity index is 611. The fraction of sp³-hybridized carbons (Fsp3) is 0.235. The van der Waals surface area contributed by atoms with Crippen molar-refractivity contribution in [2.75, 3.05) is 0 Å². The van der Waals surface area contributed by atoms with Crippen molar-refractivity contribution in [1.29, 1.82) is 0 Å². The lowest BCUT2D eigenvalue weighted by atomic mass is 10.1. The van der Waals surface area contributed by atoms with Crippen molar-refractivity contribution in [3.8, 4) is 0 Å². The number of halogens is 2. The van der Waals surface area contributed by atoms with E-state index in [0.717, 1.165) is 12.0 Å². The Hall–Kier alpha value is -2.23. The number of nitrogens with zero attached hydrogens (tertiary/aromatic N) is 1. The minimum absolute atomic E-state index is 0.0142. The molecule has 4 heteroatoms. The molecule has 0 unspecified atom stereocenters. The summed E-state index contributed by atoms with van der Waals surface area (Å²) in [6.07, 6.45) is 1.25. The van der Waals surface area contributed by atoms with Crippen molar-refractivity contribution < 1.29 is 13.6 Å². The largest absolute Gasteiger partial charge is 0.390 e. The maximum absolute atomic E-state index is 12.6. The molecule has 0 aliphatic heterocycles. The van der Waals surface area contributed by atoms with Gasteiger partial charge >= 0.3 is 0 Å². The highest BCUT2D eigenvalue weighted by atomic mass is 19.3. The lowest BCUT2D eigenvalue weighted by Gasteiger charge is -2.03. The van der Waals surface area contributed by atoms with Crippen molar-refractivity contribution in [3.63, 3.8) is 0 Å². The van der Waals surface area contributed by atoms with Gasteiger partial charge in [-0.2, -0.15) is 0 Å². The first-order valence-electron chi connectivity index (χ1n) is 6.73. The van der Waals surface area contributed by atoms with Crippen LogP contribution in [0.2, 0.25) is 0 Å². The molecule has 2 aromatic rings. The van der Waals surface area contributed by atoms with Gasteiger partial charge in [0.1, 0.15) is 12.8 Å². The van der Waals surface area contributed by atoms with Crippen LogP contribution in [-0.2, 0) is 17.9 Å². The van der Waals surface area contributed by atoms with E-state index in [4.69, 9.17) is 4.84 Å². The second kappa shape index (κ2) is 7.53. The third-order valence-electron chi connectivity index (χ3n) is 3.01. The Balaban J connectivity index is 1.91. The summed E-state index contributed by atoms with van der Waals surface area (Å²) < 4.78 is 25.1. The van der Waals surface area contributed by atoms with Crippen molar-refractivity contribution in [2.45, 2.75) is 26.4 Å². The Morgan fingerprint density at radius 1 is 1.10 bits per heavy atom. The van der Waals surface area contributed by atoms with Crippen LogP contribution < -0.4 is 0 Å². The van der Waals surface area contributed by atoms with Gasteiger partial charge in [-0.1, -0.05) is 48.5 Å². The fourth-order valence-corrected chi connectivity index (χ4v) is 1.87. The average Bonchev–Trinajstić information content (AvgIpc) is 2.52. The summed E-state index contributed by atoms with van der Waals surface area (Å²) >= 11 is 0. The number of hydrogen-bond acceptors (Lipinski definition) is 2. The molecule has 0 saturated carbocycles. The van der Waals surface area contributed by atoms with Gasteiger partial charge in [-0.15, -0.1) is 0 Å². The van der Waals surface area contributed by atoms with Crippen molar-refractivity contribution >= 4 is 6.21 Å². The van der Waals surface area contributed by atoms with Gasteiger partial charge in [0.05, 0.1) is 0 Å². The van der Waals surface area contributed by atoms with Gasteiger partial charge < -0.3 is 4.84 Å². The summed E-state index contributed by atoms with van der Waals surface area (Å²) in [5.74, 6) is 0. The highest BCUT2D eigenvalue weighted by Gasteiger charge is 2.06. The third kappa shape index (κ3) is 4.67. The molecule has 1 radical (unpaired) electrons. The number of aryl methyl sites for hydroxylation is 1.